The van der Waals surface area contributed by atoms with Crippen molar-refractivity contribution in [1.82, 2.24) is 0 Å². The number of carbonyl (C=O) groups excluding carboxylic acids is 1. The van der Waals surface area contributed by atoms with Crippen LogP contribution in [0.5, 0.6) is 0 Å². The molecule has 0 fully saturated rings. The Hall–Kier alpha value is -1.70. The van der Waals surface area contributed by atoms with Crippen molar-refractivity contribution in [3.05, 3.63) is 34.6 Å². The van der Waals surface area contributed by atoms with Crippen LogP contribution in [0.2, 0.25) is 0 Å². The fraction of sp³-hybridized carbons (Fsp3) is 0.364. The fourth-order valence-electron chi connectivity index (χ4n) is 0.989. The van der Waals surface area contributed by atoms with Crippen LogP contribution >= 0.6 is 0 Å². The van der Waals surface area contributed by atoms with Crippen molar-refractivity contribution >= 4 is 5.97 Å². The molecular weight excluding hydrogens is 275 g/mol. The number of rotatable bonds is 2. The summed E-state index contributed by atoms with van der Waals surface area (Å²) < 4.78 is 64.8. The summed E-state index contributed by atoms with van der Waals surface area (Å²) in [5.74, 6) is -13.2. The minimum Gasteiger partial charge on any atom is -0.292 e. The Morgan fingerprint density at radius 2 is 1.21 bits per heavy atom. The molecule has 0 bridgehead atoms. The molecule has 0 radical (unpaired) electrons. The number of benzene rings is 1. The molecule has 1 rings (SSSR count). The monoisotopic (exact) mass is 284 g/mol. The molecule has 8 heteroatoms. The Morgan fingerprint density at radius 3 is 1.58 bits per heavy atom. The molecule has 0 N–H and O–H groups in total. The van der Waals surface area contributed by atoms with Crippen molar-refractivity contribution in [3.8, 4) is 0 Å². The summed E-state index contributed by atoms with van der Waals surface area (Å²) in [7, 11) is 0. The van der Waals surface area contributed by atoms with Gasteiger partial charge in [0.15, 0.2) is 23.3 Å². The van der Waals surface area contributed by atoms with E-state index in [1.807, 2.05) is 0 Å². The smallest absolute Gasteiger partial charge is 0.292 e. The second-order valence-electron chi connectivity index (χ2n) is 4.51. The van der Waals surface area contributed by atoms with E-state index in [-0.39, 0.29) is 0 Å². The van der Waals surface area contributed by atoms with Crippen molar-refractivity contribution in [2.75, 3.05) is 0 Å². The molecule has 0 saturated heterocycles. The van der Waals surface area contributed by atoms with Crippen molar-refractivity contribution in [3.63, 3.8) is 0 Å². The van der Waals surface area contributed by atoms with Crippen LogP contribution in [0.25, 0.3) is 0 Å². The van der Waals surface area contributed by atoms with E-state index in [2.05, 4.69) is 9.78 Å². The predicted molar refractivity (Wildman–Crippen MR) is 52.5 cm³/mol. The molecule has 1 aromatic carbocycles. The zero-order valence-corrected chi connectivity index (χ0v) is 10.1. The molecule has 106 valence electrons. The van der Waals surface area contributed by atoms with E-state index in [0.29, 0.717) is 0 Å². The summed E-state index contributed by atoms with van der Waals surface area (Å²) in [4.78, 5) is 19.7. The van der Waals surface area contributed by atoms with Crippen LogP contribution in [-0.4, -0.2) is 11.6 Å². The number of carbonyl (C=O) groups is 1. The lowest BCUT2D eigenvalue weighted by Gasteiger charge is -2.16. The van der Waals surface area contributed by atoms with Gasteiger partial charge in [0, 0.05) is 0 Å². The molecule has 0 spiro atoms. The van der Waals surface area contributed by atoms with Crippen LogP contribution in [-0.2, 0) is 9.78 Å². The Kier molecular flexibility index (Phi) is 4.14. The molecule has 0 heterocycles. The van der Waals surface area contributed by atoms with Crippen LogP contribution in [0.15, 0.2) is 0 Å². The first kappa shape index (κ1) is 15.4. The molecule has 1 aromatic rings. The van der Waals surface area contributed by atoms with Crippen molar-refractivity contribution in [2.24, 2.45) is 0 Å². The van der Waals surface area contributed by atoms with Gasteiger partial charge in [0.1, 0.15) is 11.2 Å². The van der Waals surface area contributed by atoms with Crippen LogP contribution < -0.4 is 0 Å². The summed E-state index contributed by atoms with van der Waals surface area (Å²) in [6, 6.07) is 0. The van der Waals surface area contributed by atoms with Crippen molar-refractivity contribution in [2.45, 2.75) is 26.4 Å². The normalized spacial score (nSPS) is 11.6. The first-order chi connectivity index (χ1) is 8.56. The van der Waals surface area contributed by atoms with E-state index in [0.717, 1.165) is 0 Å². The molecule has 0 aliphatic rings. The maximum atomic E-state index is 13.2. The Bertz CT molecular complexity index is 493. The highest BCUT2D eigenvalue weighted by atomic mass is 19.2. The summed E-state index contributed by atoms with van der Waals surface area (Å²) in [6.45, 7) is 4.33. The van der Waals surface area contributed by atoms with Crippen molar-refractivity contribution in [1.29, 1.82) is 0 Å². The molecule has 0 aliphatic heterocycles. The lowest BCUT2D eigenvalue weighted by atomic mass is 10.1. The van der Waals surface area contributed by atoms with Gasteiger partial charge in [0.2, 0.25) is 5.82 Å². The maximum Gasteiger partial charge on any atom is 0.379 e. The average Bonchev–Trinajstić information content (AvgIpc) is 2.31. The van der Waals surface area contributed by atoms with Gasteiger partial charge in [-0.2, -0.15) is 4.89 Å². The largest absolute Gasteiger partial charge is 0.379 e. The average molecular weight is 284 g/mol. The molecular formula is C11H9F5O3. The van der Waals surface area contributed by atoms with Gasteiger partial charge in [0.25, 0.3) is 0 Å². The third kappa shape index (κ3) is 3.19. The van der Waals surface area contributed by atoms with E-state index in [4.69, 9.17) is 0 Å². The zero-order chi connectivity index (χ0) is 15.0. The quantitative estimate of drug-likeness (QED) is 0.275. The zero-order valence-electron chi connectivity index (χ0n) is 10.1. The summed E-state index contributed by atoms with van der Waals surface area (Å²) in [5, 5.41) is 0. The van der Waals surface area contributed by atoms with Gasteiger partial charge >= 0.3 is 5.97 Å². The van der Waals surface area contributed by atoms with Gasteiger partial charge in [-0.05, 0) is 20.8 Å². The lowest BCUT2D eigenvalue weighted by Crippen LogP contribution is -2.23. The van der Waals surface area contributed by atoms with Gasteiger partial charge in [-0.15, -0.1) is 0 Å². The molecule has 0 aliphatic carbocycles. The molecule has 0 aromatic heterocycles. The fourth-order valence-corrected chi connectivity index (χ4v) is 0.989. The summed E-state index contributed by atoms with van der Waals surface area (Å²) in [6.07, 6.45) is 0. The van der Waals surface area contributed by atoms with Gasteiger partial charge in [0.05, 0.1) is 0 Å². The molecule has 3 nitrogen and oxygen atoms in total. The van der Waals surface area contributed by atoms with E-state index >= 15 is 0 Å². The molecule has 0 saturated carbocycles. The van der Waals surface area contributed by atoms with E-state index < -0.39 is 46.2 Å². The Morgan fingerprint density at radius 1 is 0.842 bits per heavy atom. The SMILES string of the molecule is CC(C)(C)OOC(=O)c1c(F)c(F)c(F)c(F)c1F. The van der Waals surface area contributed by atoms with Gasteiger partial charge in [-0.25, -0.2) is 26.7 Å². The molecule has 0 unspecified atom stereocenters. The first-order valence-corrected chi connectivity index (χ1v) is 4.97. The molecule has 0 atom stereocenters. The third-order valence-electron chi connectivity index (χ3n) is 1.78. The first-order valence-electron chi connectivity index (χ1n) is 4.97. The topological polar surface area (TPSA) is 35.5 Å². The highest BCUT2D eigenvalue weighted by molar-refractivity contribution is 5.89. The number of hydrogen-bond acceptors (Lipinski definition) is 3. The highest BCUT2D eigenvalue weighted by Crippen LogP contribution is 2.24. The van der Waals surface area contributed by atoms with Crippen molar-refractivity contribution < 1.29 is 36.5 Å². The Labute approximate surface area is 104 Å². The van der Waals surface area contributed by atoms with Crippen LogP contribution in [0.1, 0.15) is 31.1 Å². The van der Waals surface area contributed by atoms with Gasteiger partial charge in [-0.1, -0.05) is 0 Å². The minimum absolute atomic E-state index is 1.01. The predicted octanol–water partition coefficient (Wildman–Crippen LogP) is 3.27. The van der Waals surface area contributed by atoms with Gasteiger partial charge in [-0.3, -0.25) is 4.89 Å². The van der Waals surface area contributed by atoms with Gasteiger partial charge < -0.3 is 0 Å². The minimum atomic E-state index is -2.36. The second kappa shape index (κ2) is 5.12. The summed E-state index contributed by atoms with van der Waals surface area (Å²) in [5.41, 5.74) is -2.72. The number of halogens is 5. The van der Waals surface area contributed by atoms with E-state index in [1.54, 1.807) is 0 Å². The second-order valence-corrected chi connectivity index (χ2v) is 4.51. The molecule has 0 amide bonds. The van der Waals surface area contributed by atoms with Crippen LogP contribution in [0, 0.1) is 29.1 Å². The van der Waals surface area contributed by atoms with Crippen LogP contribution in [0.3, 0.4) is 0 Å². The van der Waals surface area contributed by atoms with E-state index in [1.165, 1.54) is 20.8 Å². The molecule has 19 heavy (non-hydrogen) atoms. The lowest BCUT2D eigenvalue weighted by molar-refractivity contribution is -0.301. The highest BCUT2D eigenvalue weighted by Gasteiger charge is 2.31. The Balaban J connectivity index is 3.18. The van der Waals surface area contributed by atoms with E-state index in [9.17, 15) is 26.7 Å². The maximum absolute atomic E-state index is 13.2. The third-order valence-corrected chi connectivity index (χ3v) is 1.78. The summed E-state index contributed by atoms with van der Waals surface area (Å²) >= 11 is 0. The number of hydrogen-bond donors (Lipinski definition) is 0. The van der Waals surface area contributed by atoms with Crippen LogP contribution in [0.4, 0.5) is 22.0 Å². The standard InChI is InChI=1S/C11H9F5O3/c1-11(2,3)19-18-10(17)4-5(12)7(14)9(16)8(15)6(4)13/h1-3H3.